The van der Waals surface area contributed by atoms with Gasteiger partial charge in [0.25, 0.3) is 0 Å². The van der Waals surface area contributed by atoms with Crippen LogP contribution in [-0.2, 0) is 4.74 Å². The van der Waals surface area contributed by atoms with Crippen LogP contribution in [0.1, 0.15) is 66.7 Å². The minimum atomic E-state index is -0.155. The Labute approximate surface area is 181 Å². The number of carbonyl (C=O) groups is 1. The molecule has 0 bridgehead atoms. The monoisotopic (exact) mass is 431 g/mol. The molecule has 0 rings (SSSR count). The van der Waals surface area contributed by atoms with Crippen LogP contribution in [0.25, 0.3) is 0 Å². The molecular weight excluding hydrogens is 390 g/mol. The van der Waals surface area contributed by atoms with Crippen molar-refractivity contribution in [2.45, 2.75) is 78.2 Å². The molecule has 0 aromatic carbocycles. The summed E-state index contributed by atoms with van der Waals surface area (Å²) in [6.07, 6.45) is 5.56. The minimum absolute atomic E-state index is 0.155. The molecule has 0 saturated carbocycles. The Morgan fingerprint density at radius 2 is 1.89 bits per heavy atom. The van der Waals surface area contributed by atoms with Gasteiger partial charge in [-0.05, 0) is 32.6 Å². The predicted molar refractivity (Wildman–Crippen MR) is 126 cm³/mol. The molecule has 0 heterocycles. The van der Waals surface area contributed by atoms with Crippen LogP contribution in [0.3, 0.4) is 0 Å². The lowest BCUT2D eigenvalue weighted by atomic mass is 10.1. The zero-order valence-electron chi connectivity index (χ0n) is 18.4. The van der Waals surface area contributed by atoms with Gasteiger partial charge in [-0.25, -0.2) is 4.79 Å². The van der Waals surface area contributed by atoms with Gasteiger partial charge in [0.15, 0.2) is 0 Å². The van der Waals surface area contributed by atoms with Gasteiger partial charge < -0.3 is 20.7 Å². The summed E-state index contributed by atoms with van der Waals surface area (Å²) in [6.45, 7) is 13.5. The lowest BCUT2D eigenvalue weighted by Crippen LogP contribution is -2.36. The van der Waals surface area contributed by atoms with E-state index in [2.05, 4.69) is 48.6 Å². The van der Waals surface area contributed by atoms with Crippen LogP contribution in [0.4, 0.5) is 4.79 Å². The maximum Gasteiger partial charge on any atom is 0.315 e. The van der Waals surface area contributed by atoms with E-state index in [9.17, 15) is 4.79 Å². The third-order valence-corrected chi connectivity index (χ3v) is 6.52. The van der Waals surface area contributed by atoms with Crippen molar-refractivity contribution in [3.63, 3.8) is 0 Å². The second-order valence-electron chi connectivity index (χ2n) is 7.00. The average molecular weight is 432 g/mol. The Kier molecular flexibility index (Phi) is 19.4. The number of unbranched alkanes of at least 4 members (excludes halogenated alkanes) is 1. The van der Waals surface area contributed by atoms with E-state index in [1.54, 1.807) is 10.8 Å². The van der Waals surface area contributed by atoms with E-state index in [-0.39, 0.29) is 11.5 Å². The molecule has 0 aromatic heterocycles. The Balaban J connectivity index is 3.47. The summed E-state index contributed by atoms with van der Waals surface area (Å²) in [5, 5.41) is 9.19. The van der Waals surface area contributed by atoms with Gasteiger partial charge in [-0.3, -0.25) is 0 Å². The standard InChI is InChI=1S/C21H41N3O2S2/c1-6-11-20(7-2)22-15-17-27-28-19(5)26-16-9-8-13-23-21(25)24-14-10-12-18(3)4/h18-20,22H,6-9,11,13-17H2,1-5H3,(H2,23,24,25). The number of nitrogens with one attached hydrogen (secondary N) is 3. The van der Waals surface area contributed by atoms with Gasteiger partial charge in [-0.15, -0.1) is 0 Å². The van der Waals surface area contributed by atoms with Crippen LogP contribution in [0.2, 0.25) is 0 Å². The number of urea groups is 1. The number of hydrogen-bond donors (Lipinski definition) is 3. The molecule has 28 heavy (non-hydrogen) atoms. The third kappa shape index (κ3) is 18.8. The largest absolute Gasteiger partial charge is 0.367 e. The normalized spacial score (nSPS) is 12.9. The quantitative estimate of drug-likeness (QED) is 0.144. The summed E-state index contributed by atoms with van der Waals surface area (Å²) in [4.78, 5) is 11.6. The van der Waals surface area contributed by atoms with Crippen molar-refractivity contribution in [1.82, 2.24) is 16.0 Å². The van der Waals surface area contributed by atoms with Gasteiger partial charge in [0.05, 0.1) is 6.54 Å². The average Bonchev–Trinajstić information content (AvgIpc) is 2.66. The van der Waals surface area contributed by atoms with Gasteiger partial charge in [0.2, 0.25) is 0 Å². The fourth-order valence-corrected chi connectivity index (χ4v) is 4.32. The van der Waals surface area contributed by atoms with Crippen molar-refractivity contribution >= 4 is 27.6 Å². The second-order valence-corrected chi connectivity index (χ2v) is 9.78. The minimum Gasteiger partial charge on any atom is -0.367 e. The van der Waals surface area contributed by atoms with Gasteiger partial charge in [-0.1, -0.05) is 67.5 Å². The maximum absolute atomic E-state index is 11.6. The van der Waals surface area contributed by atoms with Crippen LogP contribution in [0.15, 0.2) is 0 Å². The maximum atomic E-state index is 11.6. The molecule has 0 spiro atoms. The summed E-state index contributed by atoms with van der Waals surface area (Å²) in [5.41, 5.74) is 0.193. The highest BCUT2D eigenvalue weighted by Crippen LogP contribution is 2.26. The highest BCUT2D eigenvalue weighted by atomic mass is 33.1. The topological polar surface area (TPSA) is 62.4 Å². The van der Waals surface area contributed by atoms with Crippen LogP contribution in [-0.4, -0.2) is 49.5 Å². The highest BCUT2D eigenvalue weighted by molar-refractivity contribution is 8.76. The molecule has 2 atom stereocenters. The number of hydrogen-bond acceptors (Lipinski definition) is 5. The first-order valence-electron chi connectivity index (χ1n) is 10.6. The number of carbonyl (C=O) groups excluding carboxylic acids is 1. The summed E-state index contributed by atoms with van der Waals surface area (Å²) >= 11 is 0. The fraction of sp³-hybridized carbons (Fsp3) is 0.857. The van der Waals surface area contributed by atoms with E-state index < -0.39 is 0 Å². The van der Waals surface area contributed by atoms with E-state index in [1.165, 1.54) is 19.3 Å². The molecule has 0 saturated heterocycles. The first-order chi connectivity index (χ1) is 13.5. The molecule has 2 unspecified atom stereocenters. The summed E-state index contributed by atoms with van der Waals surface area (Å²) < 4.78 is 5.81. The lowest BCUT2D eigenvalue weighted by molar-refractivity contribution is 0.121. The summed E-state index contributed by atoms with van der Waals surface area (Å²) in [5.74, 6) is 7.37. The Bertz CT molecular complexity index is 439. The van der Waals surface area contributed by atoms with Crippen LogP contribution in [0.5, 0.6) is 0 Å². The van der Waals surface area contributed by atoms with E-state index in [0.717, 1.165) is 31.7 Å². The zero-order valence-corrected chi connectivity index (χ0v) is 20.1. The van der Waals surface area contributed by atoms with Gasteiger partial charge in [0.1, 0.15) is 5.44 Å². The Hall–Kier alpha value is -0.550. The molecule has 0 aliphatic rings. The fourth-order valence-electron chi connectivity index (χ4n) is 2.40. The van der Waals surface area contributed by atoms with Gasteiger partial charge in [0, 0.05) is 37.4 Å². The van der Waals surface area contributed by atoms with Gasteiger partial charge >= 0.3 is 6.03 Å². The number of rotatable bonds is 16. The van der Waals surface area contributed by atoms with Crippen molar-refractivity contribution in [3.8, 4) is 11.8 Å². The SMILES string of the molecule is CCCC(CC)NCCSSC(C)OCCCCNC(=O)NCC#CC(C)C. The molecule has 5 nitrogen and oxygen atoms in total. The molecule has 3 N–H and O–H groups in total. The summed E-state index contributed by atoms with van der Waals surface area (Å²) in [6, 6.07) is 0.505. The van der Waals surface area contributed by atoms with Crippen LogP contribution in [0, 0.1) is 17.8 Å². The molecular formula is C21H41N3O2S2. The van der Waals surface area contributed by atoms with E-state index >= 15 is 0 Å². The molecule has 0 aliphatic carbocycles. The molecule has 164 valence electrons. The number of amides is 2. The second kappa shape index (κ2) is 19.8. The molecule has 0 fully saturated rings. The summed E-state index contributed by atoms with van der Waals surface area (Å²) in [7, 11) is 3.66. The third-order valence-electron chi connectivity index (χ3n) is 3.89. The molecule has 7 heteroatoms. The first-order valence-corrected chi connectivity index (χ1v) is 13.0. The molecule has 2 amide bonds. The van der Waals surface area contributed by atoms with E-state index in [1.807, 2.05) is 24.6 Å². The highest BCUT2D eigenvalue weighted by Gasteiger charge is 2.05. The first kappa shape index (κ1) is 27.5. The predicted octanol–water partition coefficient (Wildman–Crippen LogP) is 4.64. The van der Waals surface area contributed by atoms with Crippen molar-refractivity contribution < 1.29 is 9.53 Å². The van der Waals surface area contributed by atoms with Crippen molar-refractivity contribution in [2.24, 2.45) is 5.92 Å². The van der Waals surface area contributed by atoms with E-state index in [4.69, 9.17) is 4.74 Å². The molecule has 0 aromatic rings. The van der Waals surface area contributed by atoms with E-state index in [0.29, 0.717) is 25.0 Å². The smallest absolute Gasteiger partial charge is 0.315 e. The van der Waals surface area contributed by atoms with Crippen molar-refractivity contribution in [2.75, 3.05) is 32.0 Å². The van der Waals surface area contributed by atoms with Gasteiger partial charge in [-0.2, -0.15) is 0 Å². The van der Waals surface area contributed by atoms with Crippen LogP contribution >= 0.6 is 21.6 Å². The zero-order chi connectivity index (χ0) is 21.0. The number of ether oxygens (including phenoxy) is 1. The van der Waals surface area contributed by atoms with Crippen molar-refractivity contribution in [3.05, 3.63) is 0 Å². The Morgan fingerprint density at radius 1 is 1.11 bits per heavy atom. The molecule has 0 radical (unpaired) electrons. The van der Waals surface area contributed by atoms with Crippen molar-refractivity contribution in [1.29, 1.82) is 0 Å². The lowest BCUT2D eigenvalue weighted by Gasteiger charge is -2.16. The Morgan fingerprint density at radius 3 is 2.57 bits per heavy atom. The van der Waals surface area contributed by atoms with Crippen LogP contribution < -0.4 is 16.0 Å². The molecule has 0 aliphatic heterocycles.